The van der Waals surface area contributed by atoms with E-state index in [1.807, 2.05) is 30.3 Å². The van der Waals surface area contributed by atoms with E-state index in [2.05, 4.69) is 15.3 Å². The zero-order chi connectivity index (χ0) is 16.7. The number of hydrogen-bond acceptors (Lipinski definition) is 6. The molecule has 3 N–H and O–H groups in total. The molecule has 1 aliphatic heterocycles. The van der Waals surface area contributed by atoms with Crippen LogP contribution in [0.5, 0.6) is 5.88 Å². The molecule has 0 saturated heterocycles. The Morgan fingerprint density at radius 2 is 2.17 bits per heavy atom. The van der Waals surface area contributed by atoms with Crippen LogP contribution in [0.15, 0.2) is 30.3 Å². The highest BCUT2D eigenvalue weighted by Crippen LogP contribution is 2.41. The van der Waals surface area contributed by atoms with Crippen molar-refractivity contribution in [2.24, 2.45) is 0 Å². The van der Waals surface area contributed by atoms with Gasteiger partial charge in [-0.3, -0.25) is 4.79 Å². The van der Waals surface area contributed by atoms with E-state index in [0.29, 0.717) is 24.0 Å². The molecule has 0 bridgehead atoms. The maximum atomic E-state index is 12.2. The van der Waals surface area contributed by atoms with Gasteiger partial charge in [0.05, 0.1) is 24.9 Å². The van der Waals surface area contributed by atoms with Gasteiger partial charge in [-0.15, -0.1) is 11.3 Å². The van der Waals surface area contributed by atoms with E-state index >= 15 is 0 Å². The number of nitrogens with one attached hydrogen (secondary N) is 1. The first kappa shape index (κ1) is 14.9. The SMILES string of the molecule is COc1nc2ccccc2cc1[C@@H]1CC(=O)NCc2nc(N)sc21. The summed E-state index contributed by atoms with van der Waals surface area (Å²) in [5.41, 5.74) is 8.46. The summed E-state index contributed by atoms with van der Waals surface area (Å²) in [6.07, 6.45) is 0.324. The zero-order valence-electron chi connectivity index (χ0n) is 13.1. The average Bonchev–Trinajstić information content (AvgIpc) is 2.90. The number of thiazole rings is 1. The van der Waals surface area contributed by atoms with Crippen LogP contribution in [0, 0.1) is 0 Å². The minimum absolute atomic E-state index is 0.0148. The lowest BCUT2D eigenvalue weighted by Crippen LogP contribution is -2.21. The zero-order valence-corrected chi connectivity index (χ0v) is 13.9. The number of nitrogens with zero attached hydrogens (tertiary/aromatic N) is 2. The van der Waals surface area contributed by atoms with Crippen LogP contribution in [0.1, 0.15) is 28.5 Å². The number of pyridine rings is 1. The van der Waals surface area contributed by atoms with Gasteiger partial charge in [-0.25, -0.2) is 9.97 Å². The van der Waals surface area contributed by atoms with Crippen molar-refractivity contribution < 1.29 is 9.53 Å². The molecule has 2 aromatic heterocycles. The number of fused-ring (bicyclic) bond motifs is 2. The van der Waals surface area contributed by atoms with Gasteiger partial charge < -0.3 is 15.8 Å². The largest absolute Gasteiger partial charge is 0.481 e. The predicted octanol–water partition coefficient (Wildman–Crippen LogP) is 2.43. The third kappa shape index (κ3) is 2.46. The fraction of sp³-hybridized carbons (Fsp3) is 0.235. The Hall–Kier alpha value is -2.67. The van der Waals surface area contributed by atoms with Crippen molar-refractivity contribution in [2.75, 3.05) is 12.8 Å². The fourth-order valence-corrected chi connectivity index (χ4v) is 4.06. The lowest BCUT2D eigenvalue weighted by atomic mass is 9.93. The number of hydrogen-bond donors (Lipinski definition) is 2. The number of methoxy groups -OCH3 is 1. The molecule has 7 heteroatoms. The summed E-state index contributed by atoms with van der Waals surface area (Å²) in [4.78, 5) is 22.1. The number of nitrogens with two attached hydrogens (primary N) is 1. The Balaban J connectivity index is 1.93. The first-order chi connectivity index (χ1) is 11.7. The number of amides is 1. The second-order valence-corrected chi connectivity index (χ2v) is 6.74. The summed E-state index contributed by atoms with van der Waals surface area (Å²) in [6.45, 7) is 0.404. The number of benzene rings is 1. The van der Waals surface area contributed by atoms with Gasteiger partial charge in [-0.2, -0.15) is 0 Å². The summed E-state index contributed by atoms with van der Waals surface area (Å²) in [5, 5.41) is 4.40. The first-order valence-corrected chi connectivity index (χ1v) is 8.43. The minimum atomic E-state index is -0.163. The Kier molecular flexibility index (Phi) is 3.57. The molecule has 3 aromatic rings. The summed E-state index contributed by atoms with van der Waals surface area (Å²) in [5.74, 6) is 0.356. The molecule has 6 nitrogen and oxygen atoms in total. The van der Waals surface area contributed by atoms with Crippen LogP contribution in [0.2, 0.25) is 0 Å². The van der Waals surface area contributed by atoms with Gasteiger partial charge in [-0.05, 0) is 12.1 Å². The maximum absolute atomic E-state index is 12.2. The quantitative estimate of drug-likeness (QED) is 0.748. The number of carbonyl (C=O) groups excluding carboxylic acids is 1. The van der Waals surface area contributed by atoms with E-state index in [0.717, 1.165) is 27.0 Å². The van der Waals surface area contributed by atoms with Gasteiger partial charge >= 0.3 is 0 Å². The molecule has 3 heterocycles. The molecular formula is C17H16N4O2S. The van der Waals surface area contributed by atoms with Gasteiger partial charge in [0.25, 0.3) is 0 Å². The van der Waals surface area contributed by atoms with Gasteiger partial charge in [0.2, 0.25) is 11.8 Å². The number of carbonyl (C=O) groups is 1. The molecule has 1 amide bonds. The smallest absolute Gasteiger partial charge is 0.221 e. The Morgan fingerprint density at radius 1 is 1.33 bits per heavy atom. The molecule has 122 valence electrons. The second-order valence-electron chi connectivity index (χ2n) is 5.68. The van der Waals surface area contributed by atoms with E-state index in [-0.39, 0.29) is 11.8 Å². The predicted molar refractivity (Wildman–Crippen MR) is 93.1 cm³/mol. The van der Waals surface area contributed by atoms with Crippen LogP contribution in [0.4, 0.5) is 5.13 Å². The Bertz CT molecular complexity index is 937. The number of nitrogen functional groups attached to an aromatic ring is 1. The minimum Gasteiger partial charge on any atom is -0.481 e. The number of para-hydroxylation sites is 1. The van der Waals surface area contributed by atoms with Crippen LogP contribution in [-0.4, -0.2) is 23.0 Å². The van der Waals surface area contributed by atoms with Crippen LogP contribution < -0.4 is 15.8 Å². The number of ether oxygens (including phenoxy) is 1. The molecule has 24 heavy (non-hydrogen) atoms. The number of anilines is 1. The van der Waals surface area contributed by atoms with Crippen molar-refractivity contribution in [1.82, 2.24) is 15.3 Å². The second kappa shape index (κ2) is 5.76. The van der Waals surface area contributed by atoms with Gasteiger partial charge in [0.15, 0.2) is 5.13 Å². The standard InChI is InChI=1S/C17H16N4O2S/c1-23-16-11(6-9-4-2-3-5-12(9)20-16)10-7-14(22)19-8-13-15(10)24-17(18)21-13/h2-6,10H,7-8H2,1H3,(H2,18,21)(H,19,22)/t10-/m0/s1. The van der Waals surface area contributed by atoms with Gasteiger partial charge in [-0.1, -0.05) is 18.2 Å². The monoisotopic (exact) mass is 340 g/mol. The summed E-state index contributed by atoms with van der Waals surface area (Å²) in [7, 11) is 1.60. The van der Waals surface area contributed by atoms with Crippen molar-refractivity contribution in [3.8, 4) is 5.88 Å². The van der Waals surface area contributed by atoms with Crippen LogP contribution in [0.25, 0.3) is 10.9 Å². The molecule has 4 rings (SSSR count). The molecule has 0 radical (unpaired) electrons. The number of rotatable bonds is 2. The molecular weight excluding hydrogens is 324 g/mol. The van der Waals surface area contributed by atoms with Gasteiger partial charge in [0, 0.05) is 28.2 Å². The lowest BCUT2D eigenvalue weighted by Gasteiger charge is -2.17. The van der Waals surface area contributed by atoms with E-state index in [4.69, 9.17) is 10.5 Å². The molecule has 0 aliphatic carbocycles. The van der Waals surface area contributed by atoms with E-state index in [9.17, 15) is 4.79 Å². The van der Waals surface area contributed by atoms with E-state index in [1.54, 1.807) is 7.11 Å². The van der Waals surface area contributed by atoms with Crippen LogP contribution >= 0.6 is 11.3 Å². The normalized spacial score (nSPS) is 17.2. The van der Waals surface area contributed by atoms with Crippen molar-refractivity contribution in [3.63, 3.8) is 0 Å². The van der Waals surface area contributed by atoms with Crippen molar-refractivity contribution in [3.05, 3.63) is 46.5 Å². The highest BCUT2D eigenvalue weighted by molar-refractivity contribution is 7.15. The highest BCUT2D eigenvalue weighted by Gasteiger charge is 2.30. The summed E-state index contributed by atoms with van der Waals surface area (Å²) >= 11 is 1.42. The third-order valence-corrected chi connectivity index (χ3v) is 5.23. The van der Waals surface area contributed by atoms with E-state index in [1.165, 1.54) is 11.3 Å². The van der Waals surface area contributed by atoms with Crippen molar-refractivity contribution >= 4 is 33.3 Å². The maximum Gasteiger partial charge on any atom is 0.221 e. The van der Waals surface area contributed by atoms with Gasteiger partial charge in [0.1, 0.15) is 0 Å². The molecule has 0 unspecified atom stereocenters. The lowest BCUT2D eigenvalue weighted by molar-refractivity contribution is -0.121. The molecule has 1 aromatic carbocycles. The molecule has 0 spiro atoms. The highest BCUT2D eigenvalue weighted by atomic mass is 32.1. The molecule has 0 saturated carbocycles. The Labute approximate surface area is 142 Å². The average molecular weight is 340 g/mol. The fourth-order valence-electron chi connectivity index (χ4n) is 3.09. The topological polar surface area (TPSA) is 90.1 Å². The number of aromatic nitrogens is 2. The van der Waals surface area contributed by atoms with Crippen LogP contribution in [-0.2, 0) is 11.3 Å². The van der Waals surface area contributed by atoms with E-state index < -0.39 is 0 Å². The summed E-state index contributed by atoms with van der Waals surface area (Å²) in [6, 6.07) is 9.90. The molecule has 0 fully saturated rings. The molecule has 1 atom stereocenters. The first-order valence-electron chi connectivity index (χ1n) is 7.61. The van der Waals surface area contributed by atoms with Crippen molar-refractivity contribution in [1.29, 1.82) is 0 Å². The van der Waals surface area contributed by atoms with Crippen LogP contribution in [0.3, 0.4) is 0 Å². The summed E-state index contributed by atoms with van der Waals surface area (Å²) < 4.78 is 5.51. The third-order valence-electron chi connectivity index (χ3n) is 4.19. The molecule has 1 aliphatic rings. The Morgan fingerprint density at radius 3 is 3.00 bits per heavy atom. The van der Waals surface area contributed by atoms with Crippen molar-refractivity contribution in [2.45, 2.75) is 18.9 Å².